The maximum atomic E-state index is 4.74. The number of nitrogens with zero attached hydrogens (tertiary/aromatic N) is 3. The van der Waals surface area contributed by atoms with Gasteiger partial charge >= 0.3 is 0 Å². The maximum Gasteiger partial charge on any atom is 0.235 e. The zero-order chi connectivity index (χ0) is 17.1. The van der Waals surface area contributed by atoms with Crippen LogP contribution in [-0.2, 0) is 13.0 Å². The van der Waals surface area contributed by atoms with Crippen LogP contribution in [0.15, 0.2) is 73.1 Å². The van der Waals surface area contributed by atoms with Crippen molar-refractivity contribution in [1.29, 1.82) is 0 Å². The molecule has 4 rings (SSSR count). The molecule has 0 aliphatic carbocycles. The minimum atomic E-state index is 0.702. The Morgan fingerprint density at radius 3 is 2.48 bits per heavy atom. The molecule has 25 heavy (non-hydrogen) atoms. The van der Waals surface area contributed by atoms with E-state index >= 15 is 0 Å². The molecule has 0 bridgehead atoms. The van der Waals surface area contributed by atoms with Crippen LogP contribution in [0.2, 0.25) is 0 Å². The van der Waals surface area contributed by atoms with Gasteiger partial charge in [-0.05, 0) is 23.6 Å². The van der Waals surface area contributed by atoms with E-state index < -0.39 is 0 Å². The van der Waals surface area contributed by atoms with E-state index in [1.54, 1.807) is 6.20 Å². The molecule has 0 spiro atoms. The lowest BCUT2D eigenvalue weighted by Gasteiger charge is -2.09. The van der Waals surface area contributed by atoms with Gasteiger partial charge in [0, 0.05) is 24.5 Å². The molecule has 0 amide bonds. The van der Waals surface area contributed by atoms with Crippen LogP contribution in [0, 0.1) is 0 Å². The van der Waals surface area contributed by atoms with Crippen molar-refractivity contribution in [3.63, 3.8) is 0 Å². The molecule has 4 aromatic rings. The second-order valence-electron chi connectivity index (χ2n) is 5.99. The second-order valence-corrected chi connectivity index (χ2v) is 5.99. The van der Waals surface area contributed by atoms with Crippen LogP contribution in [0.1, 0.15) is 18.1 Å². The first-order valence-corrected chi connectivity index (χ1v) is 8.55. The van der Waals surface area contributed by atoms with Crippen molar-refractivity contribution in [2.75, 3.05) is 5.32 Å². The first-order valence-electron chi connectivity index (χ1n) is 8.55. The Bertz CT molecular complexity index is 972. The third-order valence-corrected chi connectivity index (χ3v) is 4.34. The third kappa shape index (κ3) is 3.11. The van der Waals surface area contributed by atoms with Gasteiger partial charge in [-0.25, -0.2) is 9.97 Å². The Morgan fingerprint density at radius 2 is 1.72 bits per heavy atom. The Labute approximate surface area is 147 Å². The topological polar surface area (TPSA) is 42.2 Å². The summed E-state index contributed by atoms with van der Waals surface area (Å²) in [6.45, 7) is 2.90. The highest BCUT2D eigenvalue weighted by Crippen LogP contribution is 2.28. The number of imidazole rings is 1. The summed E-state index contributed by atoms with van der Waals surface area (Å²) < 4.78 is 2.01. The van der Waals surface area contributed by atoms with E-state index in [9.17, 15) is 0 Å². The standard InChI is InChI=1S/C21H20N4/c1-2-16-9-11-18(12-10-16)19-20(23-15-17-7-4-3-5-8-17)25-14-6-13-22-21(25)24-19/h3-14,23H,2,15H2,1H3. The fourth-order valence-corrected chi connectivity index (χ4v) is 2.94. The average Bonchev–Trinajstić information content (AvgIpc) is 3.06. The van der Waals surface area contributed by atoms with Gasteiger partial charge in [-0.1, -0.05) is 61.5 Å². The maximum absolute atomic E-state index is 4.74. The largest absolute Gasteiger partial charge is 0.365 e. The van der Waals surface area contributed by atoms with Gasteiger partial charge in [0.2, 0.25) is 5.78 Å². The zero-order valence-electron chi connectivity index (χ0n) is 14.2. The molecule has 0 saturated carbocycles. The molecule has 0 fully saturated rings. The summed E-state index contributed by atoms with van der Waals surface area (Å²) in [5, 5.41) is 3.54. The van der Waals surface area contributed by atoms with Crippen molar-refractivity contribution >= 4 is 11.6 Å². The summed E-state index contributed by atoms with van der Waals surface area (Å²) in [5.41, 5.74) is 4.58. The van der Waals surface area contributed by atoms with Gasteiger partial charge in [-0.3, -0.25) is 4.40 Å². The molecule has 2 aromatic heterocycles. The Hall–Kier alpha value is -3.14. The average molecular weight is 328 g/mol. The van der Waals surface area contributed by atoms with Crippen LogP contribution in [0.5, 0.6) is 0 Å². The van der Waals surface area contributed by atoms with Crippen LogP contribution in [0.3, 0.4) is 0 Å². The highest BCUT2D eigenvalue weighted by atomic mass is 15.2. The molecule has 0 radical (unpaired) electrons. The molecule has 4 nitrogen and oxygen atoms in total. The van der Waals surface area contributed by atoms with Gasteiger partial charge in [-0.2, -0.15) is 0 Å². The number of hydrogen-bond acceptors (Lipinski definition) is 3. The number of aromatic nitrogens is 3. The summed E-state index contributed by atoms with van der Waals surface area (Å²) >= 11 is 0. The fraction of sp³-hybridized carbons (Fsp3) is 0.143. The summed E-state index contributed by atoms with van der Waals surface area (Å²) in [7, 11) is 0. The zero-order valence-corrected chi connectivity index (χ0v) is 14.2. The Balaban J connectivity index is 1.74. The van der Waals surface area contributed by atoms with Crippen LogP contribution in [0.4, 0.5) is 5.82 Å². The number of anilines is 1. The van der Waals surface area contributed by atoms with E-state index in [0.29, 0.717) is 5.78 Å². The lowest BCUT2D eigenvalue weighted by molar-refractivity contribution is 1.06. The van der Waals surface area contributed by atoms with Crippen molar-refractivity contribution in [2.24, 2.45) is 0 Å². The van der Waals surface area contributed by atoms with Crippen molar-refractivity contribution in [3.8, 4) is 11.3 Å². The fourth-order valence-electron chi connectivity index (χ4n) is 2.94. The molecule has 2 aromatic carbocycles. The van der Waals surface area contributed by atoms with Gasteiger partial charge in [0.15, 0.2) is 0 Å². The van der Waals surface area contributed by atoms with E-state index in [4.69, 9.17) is 4.98 Å². The summed E-state index contributed by atoms with van der Waals surface area (Å²) in [5.74, 6) is 1.67. The van der Waals surface area contributed by atoms with Crippen LogP contribution in [0.25, 0.3) is 17.0 Å². The van der Waals surface area contributed by atoms with Crippen LogP contribution < -0.4 is 5.32 Å². The smallest absolute Gasteiger partial charge is 0.235 e. The minimum absolute atomic E-state index is 0.702. The number of benzene rings is 2. The molecule has 0 unspecified atom stereocenters. The molecule has 0 saturated heterocycles. The molecule has 2 heterocycles. The molecule has 124 valence electrons. The minimum Gasteiger partial charge on any atom is -0.365 e. The van der Waals surface area contributed by atoms with Crippen molar-refractivity contribution < 1.29 is 0 Å². The number of fused-ring (bicyclic) bond motifs is 1. The Kier molecular flexibility index (Phi) is 4.17. The van der Waals surface area contributed by atoms with Gasteiger partial charge in [0.1, 0.15) is 11.5 Å². The second kappa shape index (κ2) is 6.77. The third-order valence-electron chi connectivity index (χ3n) is 4.34. The van der Waals surface area contributed by atoms with E-state index in [1.165, 1.54) is 11.1 Å². The quantitative estimate of drug-likeness (QED) is 0.583. The van der Waals surface area contributed by atoms with Crippen LogP contribution >= 0.6 is 0 Å². The highest BCUT2D eigenvalue weighted by molar-refractivity contribution is 5.75. The number of nitrogens with one attached hydrogen (secondary N) is 1. The molecule has 1 N–H and O–H groups in total. The lowest BCUT2D eigenvalue weighted by atomic mass is 10.1. The summed E-state index contributed by atoms with van der Waals surface area (Å²) in [6.07, 6.45) is 4.80. The van der Waals surface area contributed by atoms with E-state index in [1.807, 2.05) is 22.7 Å². The summed E-state index contributed by atoms with van der Waals surface area (Å²) in [6, 6.07) is 20.9. The van der Waals surface area contributed by atoms with Gasteiger partial charge in [0.05, 0.1) is 0 Å². The van der Waals surface area contributed by atoms with E-state index in [0.717, 1.165) is 30.0 Å². The molecular weight excluding hydrogens is 308 g/mol. The van der Waals surface area contributed by atoms with E-state index in [2.05, 4.69) is 65.8 Å². The predicted molar refractivity (Wildman–Crippen MR) is 102 cm³/mol. The lowest BCUT2D eigenvalue weighted by Crippen LogP contribution is -2.03. The number of rotatable bonds is 5. The number of hydrogen-bond donors (Lipinski definition) is 1. The highest BCUT2D eigenvalue weighted by Gasteiger charge is 2.14. The molecule has 0 aliphatic rings. The first kappa shape index (κ1) is 15.4. The van der Waals surface area contributed by atoms with E-state index in [-0.39, 0.29) is 0 Å². The Morgan fingerprint density at radius 1 is 0.920 bits per heavy atom. The number of aryl methyl sites for hydroxylation is 1. The van der Waals surface area contributed by atoms with Crippen molar-refractivity contribution in [2.45, 2.75) is 19.9 Å². The van der Waals surface area contributed by atoms with Crippen molar-refractivity contribution in [3.05, 3.63) is 84.2 Å². The van der Waals surface area contributed by atoms with Gasteiger partial charge < -0.3 is 5.32 Å². The van der Waals surface area contributed by atoms with Gasteiger partial charge in [-0.15, -0.1) is 0 Å². The first-order chi connectivity index (χ1) is 12.3. The van der Waals surface area contributed by atoms with Crippen LogP contribution in [-0.4, -0.2) is 14.4 Å². The molecule has 0 aliphatic heterocycles. The molecular formula is C21H20N4. The monoisotopic (exact) mass is 328 g/mol. The molecule has 0 atom stereocenters. The summed E-state index contributed by atoms with van der Waals surface area (Å²) in [4.78, 5) is 9.13. The van der Waals surface area contributed by atoms with Gasteiger partial charge in [0.25, 0.3) is 0 Å². The van der Waals surface area contributed by atoms with Crippen molar-refractivity contribution in [1.82, 2.24) is 14.4 Å². The molecule has 4 heteroatoms. The normalized spacial score (nSPS) is 10.9. The predicted octanol–water partition coefficient (Wildman–Crippen LogP) is 4.57. The SMILES string of the molecule is CCc1ccc(-c2nc3ncccn3c2NCc2ccccc2)cc1.